The van der Waals surface area contributed by atoms with Crippen molar-refractivity contribution in [2.24, 2.45) is 9.98 Å². The molecule has 2 aromatic carbocycles. The lowest BCUT2D eigenvalue weighted by atomic mass is 10.2. The summed E-state index contributed by atoms with van der Waals surface area (Å²) >= 11 is 0. The molecule has 84 valence electrons. The minimum atomic E-state index is 0.462. The van der Waals surface area contributed by atoms with Gasteiger partial charge in [0.1, 0.15) is 6.67 Å². The molecule has 0 aromatic heterocycles. The highest BCUT2D eigenvalue weighted by molar-refractivity contribution is 5.80. The lowest BCUT2D eigenvalue weighted by Gasteiger charge is -1.91. The van der Waals surface area contributed by atoms with Crippen molar-refractivity contribution in [2.75, 3.05) is 6.67 Å². The molecule has 0 unspecified atom stereocenters. The van der Waals surface area contributed by atoms with Gasteiger partial charge in [-0.3, -0.25) is 9.98 Å². The molecule has 0 N–H and O–H groups in total. The molecule has 2 aromatic rings. The van der Waals surface area contributed by atoms with Crippen molar-refractivity contribution in [1.82, 2.24) is 0 Å². The zero-order chi connectivity index (χ0) is 11.8. The second-order valence-corrected chi connectivity index (χ2v) is 3.59. The van der Waals surface area contributed by atoms with Gasteiger partial charge >= 0.3 is 0 Å². The van der Waals surface area contributed by atoms with E-state index in [0.29, 0.717) is 6.67 Å². The van der Waals surface area contributed by atoms with Crippen LogP contribution < -0.4 is 0 Å². The Morgan fingerprint density at radius 3 is 1.47 bits per heavy atom. The van der Waals surface area contributed by atoms with Gasteiger partial charge in [0.05, 0.1) is 0 Å². The molecule has 0 spiro atoms. The molecule has 0 aliphatic carbocycles. The van der Waals surface area contributed by atoms with Crippen molar-refractivity contribution in [3.05, 3.63) is 71.8 Å². The van der Waals surface area contributed by atoms with Crippen LogP contribution >= 0.6 is 0 Å². The van der Waals surface area contributed by atoms with Gasteiger partial charge in [-0.15, -0.1) is 0 Å². The fourth-order valence-electron chi connectivity index (χ4n) is 1.42. The molecule has 0 atom stereocenters. The lowest BCUT2D eigenvalue weighted by Crippen LogP contribution is -1.83. The quantitative estimate of drug-likeness (QED) is 0.710. The Labute approximate surface area is 101 Å². The lowest BCUT2D eigenvalue weighted by molar-refractivity contribution is 1.08. The molecule has 0 fully saturated rings. The fourth-order valence-corrected chi connectivity index (χ4v) is 1.42. The van der Waals surface area contributed by atoms with Crippen LogP contribution in [0.15, 0.2) is 70.6 Å². The third-order valence-electron chi connectivity index (χ3n) is 2.24. The van der Waals surface area contributed by atoms with E-state index >= 15 is 0 Å². The number of aliphatic imine (C=N–C) groups is 2. The summed E-state index contributed by atoms with van der Waals surface area (Å²) in [5, 5.41) is 0. The normalized spacial score (nSPS) is 11.3. The summed E-state index contributed by atoms with van der Waals surface area (Å²) in [6.07, 6.45) is 3.67. The van der Waals surface area contributed by atoms with Crippen LogP contribution in [0.5, 0.6) is 0 Å². The Morgan fingerprint density at radius 1 is 0.647 bits per heavy atom. The van der Waals surface area contributed by atoms with E-state index in [9.17, 15) is 0 Å². The van der Waals surface area contributed by atoms with Crippen molar-refractivity contribution >= 4 is 12.4 Å². The minimum absolute atomic E-state index is 0.462. The first-order chi connectivity index (χ1) is 8.45. The highest BCUT2D eigenvalue weighted by Crippen LogP contribution is 1.95. The number of nitrogens with zero attached hydrogens (tertiary/aromatic N) is 2. The van der Waals surface area contributed by atoms with Gasteiger partial charge in [0, 0.05) is 12.4 Å². The van der Waals surface area contributed by atoms with Crippen LogP contribution in [0.25, 0.3) is 0 Å². The number of hydrogen-bond donors (Lipinski definition) is 0. The minimum Gasteiger partial charge on any atom is -0.269 e. The number of hydrogen-bond acceptors (Lipinski definition) is 2. The summed E-state index contributed by atoms with van der Waals surface area (Å²) in [4.78, 5) is 8.47. The molecule has 17 heavy (non-hydrogen) atoms. The van der Waals surface area contributed by atoms with Gasteiger partial charge < -0.3 is 0 Å². The first kappa shape index (κ1) is 11.3. The largest absolute Gasteiger partial charge is 0.269 e. The number of rotatable bonds is 4. The molecule has 0 radical (unpaired) electrons. The van der Waals surface area contributed by atoms with Gasteiger partial charge in [-0.1, -0.05) is 60.7 Å². The Balaban J connectivity index is 1.84. The summed E-state index contributed by atoms with van der Waals surface area (Å²) in [7, 11) is 0. The topological polar surface area (TPSA) is 24.7 Å². The highest BCUT2D eigenvalue weighted by atomic mass is 14.9. The fraction of sp³-hybridized carbons (Fsp3) is 0.0667. The molecule has 0 heterocycles. The molecular weight excluding hydrogens is 208 g/mol. The average molecular weight is 222 g/mol. The standard InChI is InChI=1S/C15H14N2/c1-3-7-14(8-4-1)11-16-13-17-12-15-9-5-2-6-10-15/h1-12H,13H2/b16-11+,17-12?. The molecule has 0 saturated carbocycles. The van der Waals surface area contributed by atoms with Crippen LogP contribution in [0.3, 0.4) is 0 Å². The van der Waals surface area contributed by atoms with E-state index in [1.54, 1.807) is 0 Å². The molecule has 0 saturated heterocycles. The van der Waals surface area contributed by atoms with Gasteiger partial charge in [-0.2, -0.15) is 0 Å². The van der Waals surface area contributed by atoms with Gasteiger partial charge in [0.2, 0.25) is 0 Å². The second kappa shape index (κ2) is 6.38. The third-order valence-corrected chi connectivity index (χ3v) is 2.24. The zero-order valence-corrected chi connectivity index (χ0v) is 9.53. The molecule has 0 aliphatic rings. The molecule has 2 nitrogen and oxygen atoms in total. The van der Waals surface area contributed by atoms with Crippen molar-refractivity contribution in [1.29, 1.82) is 0 Å². The van der Waals surface area contributed by atoms with Crippen molar-refractivity contribution in [2.45, 2.75) is 0 Å². The molecule has 2 heteroatoms. The van der Waals surface area contributed by atoms with Crippen molar-refractivity contribution < 1.29 is 0 Å². The summed E-state index contributed by atoms with van der Waals surface area (Å²) < 4.78 is 0. The van der Waals surface area contributed by atoms with Crippen LogP contribution in [-0.2, 0) is 0 Å². The van der Waals surface area contributed by atoms with E-state index in [0.717, 1.165) is 11.1 Å². The van der Waals surface area contributed by atoms with Gasteiger partial charge in [-0.25, -0.2) is 0 Å². The highest BCUT2D eigenvalue weighted by Gasteiger charge is 1.83. The van der Waals surface area contributed by atoms with Crippen molar-refractivity contribution in [3.8, 4) is 0 Å². The maximum absolute atomic E-state index is 4.23. The molecular formula is C15H14N2. The van der Waals surface area contributed by atoms with E-state index in [1.165, 1.54) is 0 Å². The Morgan fingerprint density at radius 2 is 1.06 bits per heavy atom. The summed E-state index contributed by atoms with van der Waals surface area (Å²) in [5.74, 6) is 0. The van der Waals surface area contributed by atoms with Crippen LogP contribution in [-0.4, -0.2) is 19.1 Å². The van der Waals surface area contributed by atoms with Crippen LogP contribution in [0, 0.1) is 0 Å². The van der Waals surface area contributed by atoms with Gasteiger partial charge in [-0.05, 0) is 11.1 Å². The third kappa shape index (κ3) is 4.03. The predicted octanol–water partition coefficient (Wildman–Crippen LogP) is 3.18. The van der Waals surface area contributed by atoms with Gasteiger partial charge in [0.25, 0.3) is 0 Å². The Bertz CT molecular complexity index is 439. The van der Waals surface area contributed by atoms with Crippen molar-refractivity contribution in [3.63, 3.8) is 0 Å². The Hall–Kier alpha value is -2.22. The van der Waals surface area contributed by atoms with E-state index in [1.807, 2.05) is 73.1 Å². The summed E-state index contributed by atoms with van der Waals surface area (Å²) in [6, 6.07) is 20.0. The maximum atomic E-state index is 4.23. The summed E-state index contributed by atoms with van der Waals surface area (Å²) in [6.45, 7) is 0.462. The van der Waals surface area contributed by atoms with E-state index < -0.39 is 0 Å². The van der Waals surface area contributed by atoms with E-state index in [-0.39, 0.29) is 0 Å². The monoisotopic (exact) mass is 222 g/mol. The smallest absolute Gasteiger partial charge is 0.129 e. The predicted molar refractivity (Wildman–Crippen MR) is 72.9 cm³/mol. The second-order valence-electron chi connectivity index (χ2n) is 3.59. The van der Waals surface area contributed by atoms with Crippen LogP contribution in [0.2, 0.25) is 0 Å². The van der Waals surface area contributed by atoms with E-state index in [2.05, 4.69) is 9.98 Å². The van der Waals surface area contributed by atoms with Crippen LogP contribution in [0.4, 0.5) is 0 Å². The molecule has 0 bridgehead atoms. The molecule has 0 amide bonds. The average Bonchev–Trinajstić information content (AvgIpc) is 2.41. The molecule has 0 aliphatic heterocycles. The maximum Gasteiger partial charge on any atom is 0.129 e. The van der Waals surface area contributed by atoms with Crippen LogP contribution in [0.1, 0.15) is 11.1 Å². The number of benzene rings is 2. The first-order valence-corrected chi connectivity index (χ1v) is 5.55. The van der Waals surface area contributed by atoms with Gasteiger partial charge in [0.15, 0.2) is 0 Å². The summed E-state index contributed by atoms with van der Waals surface area (Å²) in [5.41, 5.74) is 2.20. The van der Waals surface area contributed by atoms with E-state index in [4.69, 9.17) is 0 Å². The zero-order valence-electron chi connectivity index (χ0n) is 9.53. The SMILES string of the molecule is C(=NC/N=C/c1ccccc1)c1ccccc1. The molecule has 2 rings (SSSR count). The first-order valence-electron chi connectivity index (χ1n) is 5.55. The Kier molecular flexibility index (Phi) is 4.23.